The number of nitrogens with zero attached hydrogens (tertiary/aromatic N) is 1. The molecule has 2 N–H and O–H groups in total. The number of hydrogen-bond acceptors (Lipinski definition) is 3. The summed E-state index contributed by atoms with van der Waals surface area (Å²) in [6, 6.07) is 18.0. The highest BCUT2D eigenvalue weighted by Gasteiger charge is 2.24. The Balaban J connectivity index is 1.42. The second kappa shape index (κ2) is 10.4. The van der Waals surface area contributed by atoms with Crippen LogP contribution in [0.3, 0.4) is 0 Å². The van der Waals surface area contributed by atoms with E-state index in [0.29, 0.717) is 6.54 Å². The number of anilines is 1. The van der Waals surface area contributed by atoms with E-state index < -0.39 is 0 Å². The molecule has 2 amide bonds. The van der Waals surface area contributed by atoms with Crippen molar-refractivity contribution in [2.45, 2.75) is 50.6 Å². The Morgan fingerprint density at radius 1 is 1.10 bits per heavy atom. The number of fused-ring (bicyclic) bond motifs is 1. The SMILES string of the molecule is O=C(N[C@H](/C=C/C(=O)N1CCc2ccccc21)CCc1ccccc1)C1CCCCN1. The summed E-state index contributed by atoms with van der Waals surface area (Å²) in [5, 5.41) is 6.47. The number of piperidine rings is 1. The minimum absolute atomic E-state index is 0.0281. The number of carbonyl (C=O) groups is 2. The highest BCUT2D eigenvalue weighted by atomic mass is 16.2. The summed E-state index contributed by atoms with van der Waals surface area (Å²) < 4.78 is 0. The number of carbonyl (C=O) groups excluding carboxylic acids is 2. The maximum Gasteiger partial charge on any atom is 0.250 e. The number of amides is 2. The van der Waals surface area contributed by atoms with E-state index in [1.54, 1.807) is 6.08 Å². The molecule has 2 aromatic carbocycles. The molecule has 5 nitrogen and oxygen atoms in total. The molecule has 31 heavy (non-hydrogen) atoms. The summed E-state index contributed by atoms with van der Waals surface area (Å²) in [6.07, 6.45) is 9.04. The molecule has 2 aliphatic heterocycles. The molecule has 2 heterocycles. The van der Waals surface area contributed by atoms with E-state index >= 15 is 0 Å². The summed E-state index contributed by atoms with van der Waals surface area (Å²) in [6.45, 7) is 1.59. The van der Waals surface area contributed by atoms with Gasteiger partial charge in [0.15, 0.2) is 0 Å². The van der Waals surface area contributed by atoms with E-state index in [0.717, 1.165) is 50.8 Å². The van der Waals surface area contributed by atoms with Gasteiger partial charge in [-0.15, -0.1) is 0 Å². The van der Waals surface area contributed by atoms with E-state index in [1.165, 1.54) is 11.1 Å². The standard InChI is InChI=1S/C26H31N3O2/c30-25(29-19-17-21-10-4-5-12-24(21)29)16-15-22(14-13-20-8-2-1-3-9-20)28-26(31)23-11-6-7-18-27-23/h1-5,8-10,12,15-16,22-23,27H,6-7,11,13-14,17-19H2,(H,28,31)/b16-15+/t22-,23?/m0/s1. The van der Waals surface area contributed by atoms with Crippen molar-refractivity contribution in [3.63, 3.8) is 0 Å². The number of para-hydroxylation sites is 1. The quantitative estimate of drug-likeness (QED) is 0.679. The van der Waals surface area contributed by atoms with Crippen LogP contribution in [0.2, 0.25) is 0 Å². The van der Waals surface area contributed by atoms with Crippen LogP contribution in [0.1, 0.15) is 36.8 Å². The van der Waals surface area contributed by atoms with Crippen LogP contribution in [0.25, 0.3) is 0 Å². The molecular weight excluding hydrogens is 386 g/mol. The zero-order chi connectivity index (χ0) is 21.5. The summed E-state index contributed by atoms with van der Waals surface area (Å²) in [4.78, 5) is 27.5. The Morgan fingerprint density at radius 3 is 2.71 bits per heavy atom. The number of nitrogens with one attached hydrogen (secondary N) is 2. The zero-order valence-corrected chi connectivity index (χ0v) is 17.9. The lowest BCUT2D eigenvalue weighted by molar-refractivity contribution is -0.124. The van der Waals surface area contributed by atoms with Gasteiger partial charge in [0, 0.05) is 24.4 Å². The van der Waals surface area contributed by atoms with Gasteiger partial charge in [-0.1, -0.05) is 61.0 Å². The minimum atomic E-state index is -0.182. The molecule has 0 aromatic heterocycles. The van der Waals surface area contributed by atoms with Crippen molar-refractivity contribution in [2.24, 2.45) is 0 Å². The third-order valence-electron chi connectivity index (χ3n) is 6.17. The van der Waals surface area contributed by atoms with Crippen LogP contribution < -0.4 is 15.5 Å². The van der Waals surface area contributed by atoms with Crippen LogP contribution in [-0.4, -0.2) is 37.0 Å². The summed E-state index contributed by atoms with van der Waals surface area (Å²) >= 11 is 0. The molecule has 0 aliphatic carbocycles. The van der Waals surface area contributed by atoms with Crippen LogP contribution in [-0.2, 0) is 22.4 Å². The van der Waals surface area contributed by atoms with Crippen LogP contribution in [0.5, 0.6) is 0 Å². The molecule has 2 aliphatic rings. The van der Waals surface area contributed by atoms with E-state index in [1.807, 2.05) is 47.4 Å². The molecular formula is C26H31N3O2. The molecule has 1 fully saturated rings. The van der Waals surface area contributed by atoms with Gasteiger partial charge in [-0.25, -0.2) is 0 Å². The van der Waals surface area contributed by atoms with Gasteiger partial charge in [0.05, 0.1) is 6.04 Å². The normalized spacial score (nSPS) is 19.2. The topological polar surface area (TPSA) is 61.4 Å². The minimum Gasteiger partial charge on any atom is -0.349 e. The van der Waals surface area contributed by atoms with Crippen molar-refractivity contribution in [1.29, 1.82) is 0 Å². The van der Waals surface area contributed by atoms with Crippen LogP contribution >= 0.6 is 0 Å². The highest BCUT2D eigenvalue weighted by Crippen LogP contribution is 2.27. The average molecular weight is 418 g/mol. The molecule has 4 rings (SSSR count). The van der Waals surface area contributed by atoms with Crippen LogP contribution in [0.4, 0.5) is 5.69 Å². The monoisotopic (exact) mass is 417 g/mol. The van der Waals surface area contributed by atoms with Crippen molar-refractivity contribution in [3.8, 4) is 0 Å². The lowest BCUT2D eigenvalue weighted by atomic mass is 10.0. The smallest absolute Gasteiger partial charge is 0.250 e. The molecule has 0 radical (unpaired) electrons. The maximum absolute atomic E-state index is 12.9. The molecule has 0 saturated carbocycles. The third-order valence-corrected chi connectivity index (χ3v) is 6.17. The number of benzene rings is 2. The van der Waals surface area contributed by atoms with Gasteiger partial charge in [0.1, 0.15) is 0 Å². The second-order valence-electron chi connectivity index (χ2n) is 8.37. The van der Waals surface area contributed by atoms with Gasteiger partial charge in [0.2, 0.25) is 5.91 Å². The number of rotatable bonds is 7. The third kappa shape index (κ3) is 5.61. The Kier molecular flexibility index (Phi) is 7.15. The molecule has 162 valence electrons. The maximum atomic E-state index is 12.9. The first-order chi connectivity index (χ1) is 15.2. The van der Waals surface area contributed by atoms with Crippen molar-refractivity contribution in [3.05, 3.63) is 77.9 Å². The van der Waals surface area contributed by atoms with Gasteiger partial charge in [0.25, 0.3) is 5.91 Å². The predicted molar refractivity (Wildman–Crippen MR) is 124 cm³/mol. The highest BCUT2D eigenvalue weighted by molar-refractivity contribution is 6.03. The number of hydrogen-bond donors (Lipinski definition) is 2. The van der Waals surface area contributed by atoms with Crippen molar-refractivity contribution < 1.29 is 9.59 Å². The molecule has 5 heteroatoms. The van der Waals surface area contributed by atoms with Crippen LogP contribution in [0, 0.1) is 0 Å². The van der Waals surface area contributed by atoms with Gasteiger partial charge in [-0.05, 0) is 55.8 Å². The van der Waals surface area contributed by atoms with Gasteiger partial charge in [-0.2, -0.15) is 0 Å². The van der Waals surface area contributed by atoms with Gasteiger partial charge < -0.3 is 15.5 Å². The number of aryl methyl sites for hydroxylation is 1. The molecule has 2 aromatic rings. The van der Waals surface area contributed by atoms with Crippen LogP contribution in [0.15, 0.2) is 66.7 Å². The fourth-order valence-corrected chi connectivity index (χ4v) is 4.40. The van der Waals surface area contributed by atoms with Gasteiger partial charge in [-0.3, -0.25) is 9.59 Å². The summed E-state index contributed by atoms with van der Waals surface area (Å²) in [5.41, 5.74) is 3.43. The first kappa shape index (κ1) is 21.3. The Bertz CT molecular complexity index is 919. The lowest BCUT2D eigenvalue weighted by Gasteiger charge is -2.25. The Morgan fingerprint density at radius 2 is 1.90 bits per heavy atom. The van der Waals surface area contributed by atoms with E-state index in [-0.39, 0.29) is 23.9 Å². The molecule has 0 bridgehead atoms. The van der Waals surface area contributed by atoms with Gasteiger partial charge >= 0.3 is 0 Å². The first-order valence-electron chi connectivity index (χ1n) is 11.4. The fraction of sp³-hybridized carbons (Fsp3) is 0.385. The molecule has 2 atom stereocenters. The van der Waals surface area contributed by atoms with Crippen molar-refractivity contribution >= 4 is 17.5 Å². The molecule has 1 saturated heterocycles. The summed E-state index contributed by atoms with van der Waals surface area (Å²) in [7, 11) is 0. The molecule has 1 unspecified atom stereocenters. The van der Waals surface area contributed by atoms with E-state index in [9.17, 15) is 9.59 Å². The predicted octanol–water partition coefficient (Wildman–Crippen LogP) is 3.39. The summed E-state index contributed by atoms with van der Waals surface area (Å²) in [5.74, 6) is 0.00100. The Labute approximate surface area is 184 Å². The lowest BCUT2D eigenvalue weighted by Crippen LogP contribution is -2.49. The average Bonchev–Trinajstić information content (AvgIpc) is 3.26. The first-order valence-corrected chi connectivity index (χ1v) is 11.4. The largest absolute Gasteiger partial charge is 0.349 e. The fourth-order valence-electron chi connectivity index (χ4n) is 4.40. The van der Waals surface area contributed by atoms with E-state index in [4.69, 9.17) is 0 Å². The van der Waals surface area contributed by atoms with Crippen molar-refractivity contribution in [2.75, 3.05) is 18.0 Å². The Hall–Kier alpha value is -2.92. The van der Waals surface area contributed by atoms with E-state index in [2.05, 4.69) is 28.8 Å². The van der Waals surface area contributed by atoms with Crippen molar-refractivity contribution in [1.82, 2.24) is 10.6 Å². The molecule has 0 spiro atoms. The second-order valence-corrected chi connectivity index (χ2v) is 8.37. The zero-order valence-electron chi connectivity index (χ0n) is 17.9.